The summed E-state index contributed by atoms with van der Waals surface area (Å²) in [5.41, 5.74) is 0.712. The van der Waals surface area contributed by atoms with Gasteiger partial charge in [-0.15, -0.1) is 0 Å². The molecule has 3 heteroatoms. The molecular weight excluding hydrogens is 174 g/mol. The van der Waals surface area contributed by atoms with E-state index < -0.39 is 0 Å². The number of halogens is 1. The van der Waals surface area contributed by atoms with Crippen LogP contribution in [0, 0.1) is 0 Å². The molecule has 1 N–H and O–H groups in total. The molecule has 0 aliphatic rings. The number of hydrogen-bond donors (Lipinski definition) is 1. The van der Waals surface area contributed by atoms with Crippen LogP contribution in [-0.4, -0.2) is 5.91 Å². The van der Waals surface area contributed by atoms with Crippen molar-refractivity contribution >= 4 is 23.2 Å². The molecule has 1 aromatic rings. The molecule has 12 heavy (non-hydrogen) atoms. The summed E-state index contributed by atoms with van der Waals surface area (Å²) < 4.78 is 0. The van der Waals surface area contributed by atoms with Crippen molar-refractivity contribution in [2.75, 3.05) is 5.32 Å². The van der Waals surface area contributed by atoms with E-state index in [-0.39, 0.29) is 5.91 Å². The largest absolute Gasteiger partial charge is 0.323 e. The van der Waals surface area contributed by atoms with E-state index in [1.807, 2.05) is 0 Å². The second-order valence-corrected chi connectivity index (χ2v) is 2.64. The van der Waals surface area contributed by atoms with E-state index >= 15 is 0 Å². The Balaban J connectivity index is 2.71. The molecule has 0 saturated heterocycles. The molecule has 1 amide bonds. The maximum Gasteiger partial charge on any atom is 0.247 e. The van der Waals surface area contributed by atoms with E-state index in [4.69, 9.17) is 11.6 Å². The minimum Gasteiger partial charge on any atom is -0.323 e. The lowest BCUT2D eigenvalue weighted by molar-refractivity contribution is -0.111. The van der Waals surface area contributed by atoms with Gasteiger partial charge in [-0.2, -0.15) is 0 Å². The van der Waals surface area contributed by atoms with Crippen molar-refractivity contribution in [3.05, 3.63) is 41.9 Å². The lowest BCUT2D eigenvalue weighted by Gasteiger charge is -2.00. The highest BCUT2D eigenvalue weighted by Gasteiger charge is 1.95. The van der Waals surface area contributed by atoms with Gasteiger partial charge in [0.1, 0.15) is 0 Å². The summed E-state index contributed by atoms with van der Waals surface area (Å²) in [6, 6.07) is 6.87. The molecule has 0 unspecified atom stereocenters. The van der Waals surface area contributed by atoms with Crippen molar-refractivity contribution < 1.29 is 4.79 Å². The molecule has 0 aliphatic heterocycles. The van der Waals surface area contributed by atoms with Gasteiger partial charge in [0, 0.05) is 10.7 Å². The minimum atomic E-state index is -0.225. The second-order valence-electron chi connectivity index (χ2n) is 2.20. The maximum absolute atomic E-state index is 10.8. The van der Waals surface area contributed by atoms with E-state index in [1.54, 1.807) is 24.3 Å². The Kier molecular flexibility index (Phi) is 2.88. The Morgan fingerprint density at radius 1 is 1.42 bits per heavy atom. The van der Waals surface area contributed by atoms with Crippen molar-refractivity contribution in [2.24, 2.45) is 0 Å². The van der Waals surface area contributed by atoms with Gasteiger partial charge in [0.15, 0.2) is 0 Å². The average molecular weight is 182 g/mol. The van der Waals surface area contributed by atoms with Crippen molar-refractivity contribution in [1.82, 2.24) is 0 Å². The monoisotopic (exact) mass is 181 g/mol. The molecule has 0 aromatic heterocycles. The molecule has 0 atom stereocenters. The number of rotatable bonds is 2. The third-order valence-electron chi connectivity index (χ3n) is 1.30. The molecule has 1 aromatic carbocycles. The van der Waals surface area contributed by atoms with Crippen LogP contribution in [0.25, 0.3) is 0 Å². The van der Waals surface area contributed by atoms with E-state index in [0.29, 0.717) is 10.7 Å². The Morgan fingerprint density at radius 3 is 2.50 bits per heavy atom. The number of nitrogens with one attached hydrogen (secondary N) is 1. The zero-order valence-electron chi connectivity index (χ0n) is 6.38. The van der Waals surface area contributed by atoms with Crippen LogP contribution in [0.2, 0.25) is 5.02 Å². The number of carbonyl (C=O) groups excluding carboxylic acids is 1. The summed E-state index contributed by atoms with van der Waals surface area (Å²) in [6.07, 6.45) is 1.22. The summed E-state index contributed by atoms with van der Waals surface area (Å²) in [7, 11) is 0. The SMILES string of the molecule is C=CC(=O)Nc1ccc(Cl)cc1. The molecule has 0 heterocycles. The molecule has 2 nitrogen and oxygen atoms in total. The molecule has 0 aliphatic carbocycles. The van der Waals surface area contributed by atoms with Crippen molar-refractivity contribution in [2.45, 2.75) is 0 Å². The number of amides is 1. The van der Waals surface area contributed by atoms with Gasteiger partial charge in [-0.3, -0.25) is 4.79 Å². The minimum absolute atomic E-state index is 0.225. The Labute approximate surface area is 75.9 Å². The topological polar surface area (TPSA) is 29.1 Å². The lowest BCUT2D eigenvalue weighted by atomic mass is 10.3. The zero-order chi connectivity index (χ0) is 8.97. The summed E-state index contributed by atoms with van der Waals surface area (Å²) in [5, 5.41) is 3.25. The summed E-state index contributed by atoms with van der Waals surface area (Å²) in [5.74, 6) is -0.225. The van der Waals surface area contributed by atoms with Crippen LogP contribution in [0.4, 0.5) is 5.69 Å². The second kappa shape index (κ2) is 3.93. The quantitative estimate of drug-likeness (QED) is 0.698. The molecule has 0 fully saturated rings. The Morgan fingerprint density at radius 2 is 2.00 bits per heavy atom. The van der Waals surface area contributed by atoms with Crippen molar-refractivity contribution in [3.8, 4) is 0 Å². The molecule has 0 saturated carbocycles. The van der Waals surface area contributed by atoms with Gasteiger partial charge in [0.05, 0.1) is 0 Å². The van der Waals surface area contributed by atoms with Gasteiger partial charge in [-0.05, 0) is 30.3 Å². The highest BCUT2D eigenvalue weighted by Crippen LogP contribution is 2.12. The summed E-state index contributed by atoms with van der Waals surface area (Å²) >= 11 is 5.65. The first-order chi connectivity index (χ1) is 5.72. The van der Waals surface area contributed by atoms with Crippen LogP contribution in [-0.2, 0) is 4.79 Å². The molecule has 0 spiro atoms. The number of hydrogen-bond acceptors (Lipinski definition) is 1. The first kappa shape index (κ1) is 8.81. The first-order valence-corrected chi connectivity index (χ1v) is 3.79. The Hall–Kier alpha value is -1.28. The van der Waals surface area contributed by atoms with E-state index in [1.165, 1.54) is 6.08 Å². The fraction of sp³-hybridized carbons (Fsp3) is 0. The third-order valence-corrected chi connectivity index (χ3v) is 1.55. The number of carbonyl (C=O) groups is 1. The smallest absolute Gasteiger partial charge is 0.247 e. The van der Waals surface area contributed by atoms with Crippen LogP contribution < -0.4 is 5.32 Å². The predicted octanol–water partition coefficient (Wildman–Crippen LogP) is 2.46. The lowest BCUT2D eigenvalue weighted by Crippen LogP contribution is -2.06. The fourth-order valence-electron chi connectivity index (χ4n) is 0.727. The van der Waals surface area contributed by atoms with E-state index in [9.17, 15) is 4.79 Å². The number of anilines is 1. The standard InChI is InChI=1S/C9H8ClNO/c1-2-9(12)11-8-5-3-7(10)4-6-8/h2-6H,1H2,(H,11,12). The van der Waals surface area contributed by atoms with Gasteiger partial charge in [-0.1, -0.05) is 18.2 Å². The zero-order valence-corrected chi connectivity index (χ0v) is 7.14. The van der Waals surface area contributed by atoms with Gasteiger partial charge in [-0.25, -0.2) is 0 Å². The molecule has 1 rings (SSSR count). The van der Waals surface area contributed by atoms with Gasteiger partial charge < -0.3 is 5.32 Å². The molecule has 0 radical (unpaired) electrons. The normalized spacial score (nSPS) is 9.08. The molecule has 0 bridgehead atoms. The maximum atomic E-state index is 10.8. The van der Waals surface area contributed by atoms with Crippen LogP contribution >= 0.6 is 11.6 Å². The Bertz CT molecular complexity index is 292. The summed E-state index contributed by atoms with van der Waals surface area (Å²) in [6.45, 7) is 3.34. The van der Waals surface area contributed by atoms with Crippen molar-refractivity contribution in [1.29, 1.82) is 0 Å². The fourth-order valence-corrected chi connectivity index (χ4v) is 0.853. The first-order valence-electron chi connectivity index (χ1n) is 3.41. The van der Waals surface area contributed by atoms with Gasteiger partial charge in [0.25, 0.3) is 0 Å². The van der Waals surface area contributed by atoms with Crippen LogP contribution in [0.5, 0.6) is 0 Å². The highest BCUT2D eigenvalue weighted by molar-refractivity contribution is 6.30. The van der Waals surface area contributed by atoms with Crippen LogP contribution in [0.15, 0.2) is 36.9 Å². The molecular formula is C9H8ClNO. The average Bonchev–Trinajstić information content (AvgIpc) is 2.09. The molecule has 62 valence electrons. The van der Waals surface area contributed by atoms with E-state index in [2.05, 4.69) is 11.9 Å². The third kappa shape index (κ3) is 2.40. The van der Waals surface area contributed by atoms with Gasteiger partial charge >= 0.3 is 0 Å². The van der Waals surface area contributed by atoms with E-state index in [0.717, 1.165) is 0 Å². The van der Waals surface area contributed by atoms with Crippen LogP contribution in [0.1, 0.15) is 0 Å². The predicted molar refractivity (Wildman–Crippen MR) is 50.3 cm³/mol. The van der Waals surface area contributed by atoms with Crippen LogP contribution in [0.3, 0.4) is 0 Å². The van der Waals surface area contributed by atoms with Gasteiger partial charge in [0.2, 0.25) is 5.91 Å². The van der Waals surface area contributed by atoms with Crippen molar-refractivity contribution in [3.63, 3.8) is 0 Å². The highest BCUT2D eigenvalue weighted by atomic mass is 35.5. The summed E-state index contributed by atoms with van der Waals surface area (Å²) in [4.78, 5) is 10.8. The number of benzene rings is 1.